The minimum absolute atomic E-state index is 0.184. The number of nitrogens with one attached hydrogen (secondary N) is 4. The monoisotopic (exact) mass is 436 g/mol. The molecular weight excluding hydrogens is 392 g/mol. The zero-order valence-corrected chi connectivity index (χ0v) is 19.6. The summed E-state index contributed by atoms with van der Waals surface area (Å²) < 4.78 is 0. The van der Waals surface area contributed by atoms with Crippen molar-refractivity contribution in [2.75, 3.05) is 26.7 Å². The summed E-state index contributed by atoms with van der Waals surface area (Å²) in [6, 6.07) is 0. The molecule has 178 valence electrons. The molecule has 31 heavy (non-hydrogen) atoms. The standard InChI is InChI=1S/C21H44N10/c1-4-6-7-15(5-2)12-27-20(24)31-21(25)29-14-17-10-8-16(9-11-17)13-28-19(23)30-18(22)26-3/h15-17H,4-14H2,1-3H3,(H5,22,23,26,28,30)(H5,24,25,27,29,31). The quantitative estimate of drug-likeness (QED) is 0.200. The van der Waals surface area contributed by atoms with E-state index in [-0.39, 0.29) is 11.9 Å². The minimum Gasteiger partial charge on any atom is -0.370 e. The van der Waals surface area contributed by atoms with Crippen LogP contribution in [0.3, 0.4) is 0 Å². The van der Waals surface area contributed by atoms with Gasteiger partial charge in [0.25, 0.3) is 0 Å². The number of hydrogen-bond donors (Lipinski definition) is 7. The van der Waals surface area contributed by atoms with Gasteiger partial charge in [-0.1, -0.05) is 33.1 Å². The normalized spacial score (nSPS) is 21.5. The first kappa shape index (κ1) is 26.5. The van der Waals surface area contributed by atoms with Crippen LogP contribution in [0, 0.1) is 23.2 Å². The molecule has 0 amide bonds. The Bertz CT molecular complexity index is 605. The van der Waals surface area contributed by atoms with Gasteiger partial charge in [-0.25, -0.2) is 0 Å². The molecule has 10 N–H and O–H groups in total. The smallest absolute Gasteiger partial charge is 0.195 e. The summed E-state index contributed by atoms with van der Waals surface area (Å²) in [5, 5.41) is 16.5. The van der Waals surface area contributed by atoms with Gasteiger partial charge in [0.1, 0.15) is 0 Å². The highest BCUT2D eigenvalue weighted by Gasteiger charge is 2.21. The Morgan fingerprint density at radius 1 is 0.968 bits per heavy atom. The summed E-state index contributed by atoms with van der Waals surface area (Å²) in [5.74, 6) is 2.73. The van der Waals surface area contributed by atoms with Gasteiger partial charge in [-0.3, -0.25) is 31.0 Å². The van der Waals surface area contributed by atoms with E-state index in [0.29, 0.717) is 36.2 Å². The second-order valence-corrected chi connectivity index (χ2v) is 8.37. The summed E-state index contributed by atoms with van der Waals surface area (Å²) in [7, 11) is 1.58. The van der Waals surface area contributed by atoms with Gasteiger partial charge in [-0.05, 0) is 49.9 Å². The maximum atomic E-state index is 7.80. The first-order valence-electron chi connectivity index (χ1n) is 11.6. The summed E-state index contributed by atoms with van der Waals surface area (Å²) in [6.45, 7) is 6.58. The Morgan fingerprint density at radius 3 is 2.23 bits per heavy atom. The van der Waals surface area contributed by atoms with Crippen LogP contribution < -0.4 is 33.2 Å². The molecule has 10 nitrogen and oxygen atoms in total. The lowest BCUT2D eigenvalue weighted by molar-refractivity contribution is 0.279. The van der Waals surface area contributed by atoms with Gasteiger partial charge in [0.2, 0.25) is 0 Å². The van der Waals surface area contributed by atoms with Gasteiger partial charge in [0.05, 0.1) is 0 Å². The molecule has 0 radical (unpaired) electrons. The predicted octanol–water partition coefficient (Wildman–Crippen LogP) is 1.29. The highest BCUT2D eigenvalue weighted by atomic mass is 15.2. The Balaban J connectivity index is 2.29. The van der Waals surface area contributed by atoms with E-state index in [1.165, 1.54) is 19.3 Å². The van der Waals surface area contributed by atoms with Crippen molar-refractivity contribution >= 4 is 23.8 Å². The summed E-state index contributed by atoms with van der Waals surface area (Å²) in [4.78, 5) is 12.7. The molecule has 0 saturated heterocycles. The highest BCUT2D eigenvalue weighted by molar-refractivity contribution is 5.97. The zero-order chi connectivity index (χ0) is 23.1. The second kappa shape index (κ2) is 15.3. The molecular formula is C21H44N10. The highest BCUT2D eigenvalue weighted by Crippen LogP contribution is 2.28. The van der Waals surface area contributed by atoms with Crippen LogP contribution in [-0.4, -0.2) is 50.5 Å². The maximum Gasteiger partial charge on any atom is 0.195 e. The number of hydrogen-bond acceptors (Lipinski definition) is 4. The van der Waals surface area contributed by atoms with E-state index in [2.05, 4.69) is 44.8 Å². The fourth-order valence-corrected chi connectivity index (χ4v) is 3.68. The van der Waals surface area contributed by atoms with Crippen molar-refractivity contribution in [1.82, 2.24) is 16.0 Å². The van der Waals surface area contributed by atoms with E-state index < -0.39 is 0 Å². The fraction of sp³-hybridized carbons (Fsp3) is 0.810. The molecule has 1 aliphatic rings. The Labute approximate surface area is 187 Å². The average Bonchev–Trinajstić information content (AvgIpc) is 2.77. The van der Waals surface area contributed by atoms with Crippen molar-refractivity contribution in [3.63, 3.8) is 0 Å². The maximum absolute atomic E-state index is 7.80. The first-order chi connectivity index (χ1) is 14.9. The van der Waals surface area contributed by atoms with Crippen molar-refractivity contribution in [2.24, 2.45) is 49.9 Å². The van der Waals surface area contributed by atoms with E-state index in [9.17, 15) is 0 Å². The largest absolute Gasteiger partial charge is 0.370 e. The average molecular weight is 437 g/mol. The van der Waals surface area contributed by atoms with Gasteiger partial charge in [-0.2, -0.15) is 0 Å². The van der Waals surface area contributed by atoms with Crippen molar-refractivity contribution in [3.8, 4) is 0 Å². The third kappa shape index (κ3) is 12.0. The van der Waals surface area contributed by atoms with Crippen LogP contribution in [0.1, 0.15) is 65.2 Å². The number of nitrogens with two attached hydrogens (primary N) is 3. The van der Waals surface area contributed by atoms with E-state index in [0.717, 1.165) is 45.2 Å². The van der Waals surface area contributed by atoms with Crippen molar-refractivity contribution in [1.29, 1.82) is 5.41 Å². The number of aliphatic imine (C=N–C) groups is 3. The third-order valence-electron chi connectivity index (χ3n) is 5.87. The van der Waals surface area contributed by atoms with Gasteiger partial charge >= 0.3 is 0 Å². The molecule has 1 saturated carbocycles. The predicted molar refractivity (Wildman–Crippen MR) is 131 cm³/mol. The summed E-state index contributed by atoms with van der Waals surface area (Å²) in [5.41, 5.74) is 17.5. The lowest BCUT2D eigenvalue weighted by Gasteiger charge is -2.28. The number of unbranched alkanes of at least 4 members (excludes halogenated alkanes) is 1. The molecule has 10 heteroatoms. The van der Waals surface area contributed by atoms with E-state index in [4.69, 9.17) is 22.6 Å². The Hall–Kier alpha value is -2.52. The van der Waals surface area contributed by atoms with E-state index in [1.54, 1.807) is 7.05 Å². The van der Waals surface area contributed by atoms with Gasteiger partial charge in [0, 0.05) is 26.7 Å². The van der Waals surface area contributed by atoms with Crippen LogP contribution in [0.4, 0.5) is 0 Å². The molecule has 0 spiro atoms. The first-order valence-corrected chi connectivity index (χ1v) is 11.6. The summed E-state index contributed by atoms with van der Waals surface area (Å²) in [6.07, 6.45) is 9.13. The van der Waals surface area contributed by atoms with Crippen molar-refractivity contribution in [3.05, 3.63) is 0 Å². The molecule has 0 aliphatic heterocycles. The topological polar surface area (TPSA) is 175 Å². The van der Waals surface area contributed by atoms with Crippen LogP contribution in [0.25, 0.3) is 0 Å². The van der Waals surface area contributed by atoms with E-state index in [1.807, 2.05) is 0 Å². The Kier molecular flexibility index (Phi) is 13.1. The van der Waals surface area contributed by atoms with Crippen molar-refractivity contribution in [2.45, 2.75) is 65.2 Å². The van der Waals surface area contributed by atoms with Crippen LogP contribution in [0.5, 0.6) is 0 Å². The van der Waals surface area contributed by atoms with Crippen molar-refractivity contribution < 1.29 is 0 Å². The number of rotatable bonds is 10. The van der Waals surface area contributed by atoms with Gasteiger partial charge < -0.3 is 22.5 Å². The molecule has 1 atom stereocenters. The SMILES string of the molecule is CCCCC(CC)CN=C(N)NC(N)=NCC1CCC(CNC(=N)NC(N)=NC)CC1. The van der Waals surface area contributed by atoms with Crippen LogP contribution >= 0.6 is 0 Å². The Morgan fingerprint density at radius 2 is 1.61 bits per heavy atom. The van der Waals surface area contributed by atoms with Gasteiger partial charge in [0.15, 0.2) is 23.8 Å². The molecule has 0 aromatic heterocycles. The minimum atomic E-state index is 0.184. The lowest BCUT2D eigenvalue weighted by atomic mass is 9.82. The molecule has 0 heterocycles. The molecule has 1 rings (SSSR count). The van der Waals surface area contributed by atoms with Crippen LogP contribution in [0.2, 0.25) is 0 Å². The third-order valence-corrected chi connectivity index (χ3v) is 5.87. The van der Waals surface area contributed by atoms with Crippen LogP contribution in [-0.2, 0) is 0 Å². The summed E-state index contributed by atoms with van der Waals surface area (Å²) >= 11 is 0. The second-order valence-electron chi connectivity index (χ2n) is 8.37. The lowest BCUT2D eigenvalue weighted by Crippen LogP contribution is -2.45. The van der Waals surface area contributed by atoms with E-state index >= 15 is 0 Å². The fourth-order valence-electron chi connectivity index (χ4n) is 3.68. The van der Waals surface area contributed by atoms with Crippen LogP contribution in [0.15, 0.2) is 15.0 Å². The molecule has 1 aliphatic carbocycles. The molecule has 1 fully saturated rings. The molecule has 1 unspecified atom stereocenters. The molecule has 0 bridgehead atoms. The number of guanidine groups is 4. The number of nitrogens with zero attached hydrogens (tertiary/aromatic N) is 3. The molecule has 0 aromatic carbocycles. The molecule has 0 aromatic rings. The zero-order valence-electron chi connectivity index (χ0n) is 19.6. The van der Waals surface area contributed by atoms with Gasteiger partial charge in [-0.15, -0.1) is 0 Å².